The third-order valence-corrected chi connectivity index (χ3v) is 5.13. The third kappa shape index (κ3) is 4.34. The summed E-state index contributed by atoms with van der Waals surface area (Å²) in [4.78, 5) is 27.6. The van der Waals surface area contributed by atoms with Gasteiger partial charge in [0.15, 0.2) is 0 Å². The zero-order chi connectivity index (χ0) is 17.9. The van der Waals surface area contributed by atoms with Crippen LogP contribution in [-0.4, -0.2) is 55.7 Å². The van der Waals surface area contributed by atoms with Crippen LogP contribution in [0.2, 0.25) is 0 Å². The number of carbonyl (C=O) groups excluding carboxylic acids is 2. The van der Waals surface area contributed by atoms with Crippen LogP contribution in [0, 0.1) is 6.92 Å². The van der Waals surface area contributed by atoms with Gasteiger partial charge in [-0.25, -0.2) is 4.79 Å². The summed E-state index contributed by atoms with van der Waals surface area (Å²) in [6.07, 6.45) is 0.951. The van der Waals surface area contributed by atoms with E-state index in [0.29, 0.717) is 10.6 Å². The fourth-order valence-corrected chi connectivity index (χ4v) is 4.34. The number of thiophene rings is 1. The van der Waals surface area contributed by atoms with Crippen molar-refractivity contribution in [1.29, 1.82) is 0 Å². The van der Waals surface area contributed by atoms with E-state index in [0.717, 1.165) is 30.0 Å². The van der Waals surface area contributed by atoms with Crippen LogP contribution in [0.5, 0.6) is 0 Å². The minimum absolute atomic E-state index is 0.114. The quantitative estimate of drug-likeness (QED) is 0.823. The molecule has 2 rings (SSSR count). The second-order valence-corrected chi connectivity index (χ2v) is 7.41. The zero-order valence-corrected chi connectivity index (χ0v) is 15.8. The van der Waals surface area contributed by atoms with Crippen LogP contribution in [0.25, 0.3) is 0 Å². The highest BCUT2D eigenvalue weighted by molar-refractivity contribution is 7.16. The molecular formula is C17H26N2O4S. The summed E-state index contributed by atoms with van der Waals surface area (Å²) >= 11 is 1.42. The zero-order valence-electron chi connectivity index (χ0n) is 15.0. The fourth-order valence-electron chi connectivity index (χ4n) is 3.19. The van der Waals surface area contributed by atoms with Crippen molar-refractivity contribution in [2.75, 3.05) is 32.1 Å². The van der Waals surface area contributed by atoms with Gasteiger partial charge >= 0.3 is 5.97 Å². The van der Waals surface area contributed by atoms with Gasteiger partial charge in [-0.2, -0.15) is 0 Å². The Hall–Kier alpha value is -1.44. The number of rotatable bonds is 5. The molecule has 0 aromatic carbocycles. The average Bonchev–Trinajstić information content (AvgIpc) is 2.80. The molecule has 1 fully saturated rings. The van der Waals surface area contributed by atoms with Gasteiger partial charge in [-0.05, 0) is 32.8 Å². The standard InChI is InChI=1S/C17H26N2O4S/c1-6-13-12(4)24-16(15(13)17(21)22-5)18-14(20)9-19-7-10(2)23-11(3)8-19/h10-11H,6-9H2,1-5H3,(H,18,20)/t10-,11+. The smallest absolute Gasteiger partial charge is 0.341 e. The molecule has 1 saturated heterocycles. The molecule has 24 heavy (non-hydrogen) atoms. The lowest BCUT2D eigenvalue weighted by molar-refractivity contribution is -0.121. The lowest BCUT2D eigenvalue weighted by Gasteiger charge is -2.34. The van der Waals surface area contributed by atoms with Crippen LogP contribution in [0.4, 0.5) is 5.00 Å². The van der Waals surface area contributed by atoms with Gasteiger partial charge in [0, 0.05) is 18.0 Å². The van der Waals surface area contributed by atoms with Crippen LogP contribution in [0.3, 0.4) is 0 Å². The number of hydrogen-bond donors (Lipinski definition) is 1. The van der Waals surface area contributed by atoms with Gasteiger partial charge in [0.1, 0.15) is 5.00 Å². The normalized spacial score (nSPS) is 21.5. The van der Waals surface area contributed by atoms with Crippen molar-refractivity contribution in [3.8, 4) is 0 Å². The van der Waals surface area contributed by atoms with Crippen LogP contribution < -0.4 is 5.32 Å². The summed E-state index contributed by atoms with van der Waals surface area (Å²) in [7, 11) is 1.36. The van der Waals surface area contributed by atoms with Gasteiger partial charge in [-0.1, -0.05) is 6.92 Å². The van der Waals surface area contributed by atoms with Gasteiger partial charge in [0.2, 0.25) is 5.91 Å². The summed E-state index contributed by atoms with van der Waals surface area (Å²) < 4.78 is 10.6. The molecule has 1 aromatic heterocycles. The van der Waals surface area contributed by atoms with Gasteiger partial charge in [-0.3, -0.25) is 9.69 Å². The average molecular weight is 354 g/mol. The van der Waals surface area contributed by atoms with Crippen molar-refractivity contribution < 1.29 is 19.1 Å². The number of hydrogen-bond acceptors (Lipinski definition) is 6. The largest absolute Gasteiger partial charge is 0.465 e. The summed E-state index contributed by atoms with van der Waals surface area (Å²) in [6, 6.07) is 0. The number of nitrogens with zero attached hydrogens (tertiary/aromatic N) is 1. The maximum absolute atomic E-state index is 12.4. The molecule has 1 aliphatic heterocycles. The van der Waals surface area contributed by atoms with E-state index in [1.54, 1.807) is 0 Å². The Morgan fingerprint density at radius 1 is 1.33 bits per heavy atom. The van der Waals surface area contributed by atoms with E-state index in [4.69, 9.17) is 9.47 Å². The topological polar surface area (TPSA) is 67.9 Å². The van der Waals surface area contributed by atoms with E-state index in [2.05, 4.69) is 10.2 Å². The Balaban J connectivity index is 2.10. The van der Waals surface area contributed by atoms with Crippen molar-refractivity contribution in [2.45, 2.75) is 46.3 Å². The number of methoxy groups -OCH3 is 1. The first kappa shape index (κ1) is 18.9. The Morgan fingerprint density at radius 3 is 2.50 bits per heavy atom. The molecule has 0 bridgehead atoms. The van der Waals surface area contributed by atoms with Gasteiger partial charge < -0.3 is 14.8 Å². The Bertz CT molecular complexity index is 604. The third-order valence-electron chi connectivity index (χ3n) is 4.07. The highest BCUT2D eigenvalue weighted by Gasteiger charge is 2.26. The fraction of sp³-hybridized carbons (Fsp3) is 0.647. The Labute approximate surface area is 147 Å². The van der Waals surface area contributed by atoms with E-state index in [9.17, 15) is 9.59 Å². The highest BCUT2D eigenvalue weighted by Crippen LogP contribution is 2.34. The maximum atomic E-state index is 12.4. The summed E-state index contributed by atoms with van der Waals surface area (Å²) in [6.45, 7) is 9.70. The van der Waals surface area contributed by atoms with Crippen molar-refractivity contribution >= 4 is 28.2 Å². The van der Waals surface area contributed by atoms with Crippen molar-refractivity contribution in [1.82, 2.24) is 4.90 Å². The molecule has 134 valence electrons. The number of ether oxygens (including phenoxy) is 2. The molecule has 7 heteroatoms. The lowest BCUT2D eigenvalue weighted by atomic mass is 10.1. The number of nitrogens with one attached hydrogen (secondary N) is 1. The summed E-state index contributed by atoms with van der Waals surface area (Å²) in [5, 5.41) is 3.47. The SMILES string of the molecule is CCc1c(C)sc(NC(=O)CN2C[C@@H](C)O[C@@H](C)C2)c1C(=O)OC. The molecule has 1 aromatic rings. The number of amides is 1. The molecular weight excluding hydrogens is 328 g/mol. The summed E-state index contributed by atoms with van der Waals surface area (Å²) in [5.41, 5.74) is 1.43. The first-order valence-electron chi connectivity index (χ1n) is 8.23. The molecule has 1 N–H and O–H groups in total. The van der Waals surface area contributed by atoms with Crippen molar-refractivity contribution in [3.05, 3.63) is 16.0 Å². The first-order valence-corrected chi connectivity index (χ1v) is 9.05. The minimum atomic E-state index is -0.403. The Kier molecular flexibility index (Phi) is 6.37. The molecule has 1 aliphatic rings. The minimum Gasteiger partial charge on any atom is -0.465 e. The number of esters is 1. The van der Waals surface area contributed by atoms with Crippen LogP contribution in [0.15, 0.2) is 0 Å². The van der Waals surface area contributed by atoms with E-state index in [1.165, 1.54) is 18.4 Å². The van der Waals surface area contributed by atoms with Gasteiger partial charge in [0.25, 0.3) is 0 Å². The molecule has 1 amide bonds. The van der Waals surface area contributed by atoms with Crippen LogP contribution in [-0.2, 0) is 20.7 Å². The van der Waals surface area contributed by atoms with Gasteiger partial charge in [-0.15, -0.1) is 11.3 Å². The van der Waals surface area contributed by atoms with Crippen LogP contribution >= 0.6 is 11.3 Å². The van der Waals surface area contributed by atoms with E-state index >= 15 is 0 Å². The van der Waals surface area contributed by atoms with Crippen molar-refractivity contribution in [2.24, 2.45) is 0 Å². The number of carbonyl (C=O) groups is 2. The molecule has 6 nitrogen and oxygen atoms in total. The maximum Gasteiger partial charge on any atom is 0.341 e. The predicted molar refractivity (Wildman–Crippen MR) is 94.9 cm³/mol. The lowest BCUT2D eigenvalue weighted by Crippen LogP contribution is -2.48. The summed E-state index contributed by atoms with van der Waals surface area (Å²) in [5.74, 6) is -0.523. The highest BCUT2D eigenvalue weighted by atomic mass is 32.1. The first-order chi connectivity index (χ1) is 11.3. The molecule has 2 heterocycles. The number of morpholine rings is 1. The molecule has 2 atom stereocenters. The predicted octanol–water partition coefficient (Wildman–Crippen LogP) is 2.45. The van der Waals surface area contributed by atoms with E-state index in [-0.39, 0.29) is 24.7 Å². The molecule has 0 unspecified atom stereocenters. The van der Waals surface area contributed by atoms with Gasteiger partial charge in [0.05, 0.1) is 31.4 Å². The number of anilines is 1. The Morgan fingerprint density at radius 2 is 1.96 bits per heavy atom. The molecule has 0 aliphatic carbocycles. The molecule has 0 radical (unpaired) electrons. The second-order valence-electron chi connectivity index (χ2n) is 6.19. The van der Waals surface area contributed by atoms with Crippen LogP contribution in [0.1, 0.15) is 41.6 Å². The van der Waals surface area contributed by atoms with E-state index < -0.39 is 5.97 Å². The van der Waals surface area contributed by atoms with E-state index in [1.807, 2.05) is 27.7 Å². The molecule has 0 spiro atoms. The molecule has 0 saturated carbocycles. The van der Waals surface area contributed by atoms with Crippen molar-refractivity contribution in [3.63, 3.8) is 0 Å². The monoisotopic (exact) mass is 354 g/mol. The second kappa shape index (κ2) is 8.09. The number of aryl methyl sites for hydroxylation is 1.